The van der Waals surface area contributed by atoms with Gasteiger partial charge in [0.25, 0.3) is 10.9 Å². The molecule has 1 fully saturated rings. The third kappa shape index (κ3) is 6.02. The van der Waals surface area contributed by atoms with Gasteiger partial charge in [0.1, 0.15) is 5.52 Å². The summed E-state index contributed by atoms with van der Waals surface area (Å²) in [6.07, 6.45) is 2.91. The Bertz CT molecular complexity index is 1360. The second-order valence-corrected chi connectivity index (χ2v) is 10.5. The minimum atomic E-state index is 0.395. The predicted molar refractivity (Wildman–Crippen MR) is 148 cm³/mol. The number of anilines is 1. The summed E-state index contributed by atoms with van der Waals surface area (Å²) in [5, 5.41) is 4.90. The molecule has 35 heavy (non-hydrogen) atoms. The molecule has 0 saturated carbocycles. The van der Waals surface area contributed by atoms with E-state index in [1.165, 1.54) is 0 Å². The maximum absolute atomic E-state index is 6.19. The molecule has 2 aromatic heterocycles. The largest absolute Gasteiger partial charge is 0.429 e. The molecule has 3 heterocycles. The molecule has 0 radical (unpaired) electrons. The summed E-state index contributed by atoms with van der Waals surface area (Å²) in [5.41, 5.74) is 5.63. The van der Waals surface area contributed by atoms with Crippen molar-refractivity contribution in [1.82, 2.24) is 15.3 Å². The summed E-state index contributed by atoms with van der Waals surface area (Å²) in [7, 11) is 0. The molecular weight excluding hydrogens is 503 g/mol. The highest BCUT2D eigenvalue weighted by Crippen LogP contribution is 2.30. The number of piperazine rings is 1. The van der Waals surface area contributed by atoms with Gasteiger partial charge >= 0.3 is 0 Å². The first kappa shape index (κ1) is 26.0. The molecule has 0 amide bonds. The Morgan fingerprint density at radius 3 is 2.43 bits per heavy atom. The van der Waals surface area contributed by atoms with Crippen LogP contribution in [0.5, 0.6) is 0 Å². The first-order chi connectivity index (χ1) is 16.8. The van der Waals surface area contributed by atoms with Crippen molar-refractivity contribution in [1.29, 1.82) is 0 Å². The Morgan fingerprint density at radius 2 is 1.74 bits per heavy atom. The molecule has 1 saturated heterocycles. The maximum Gasteiger partial charge on any atom is 0.298 e. The molecule has 0 spiro atoms. The zero-order valence-electron chi connectivity index (χ0n) is 20.6. The van der Waals surface area contributed by atoms with E-state index < -0.39 is 0 Å². The third-order valence-corrected chi connectivity index (χ3v) is 6.81. The van der Waals surface area contributed by atoms with Gasteiger partial charge in [-0.15, -0.1) is 0 Å². The van der Waals surface area contributed by atoms with E-state index >= 15 is 0 Å². The topological polar surface area (TPSA) is 70.2 Å². The van der Waals surface area contributed by atoms with E-state index in [0.717, 1.165) is 83.3 Å². The lowest BCUT2D eigenvalue weighted by Crippen LogP contribution is -2.52. The van der Waals surface area contributed by atoms with Gasteiger partial charge in [-0.05, 0) is 72.8 Å². The lowest BCUT2D eigenvalue weighted by molar-refractivity contribution is 0.385. The van der Waals surface area contributed by atoms with Gasteiger partial charge in [0.15, 0.2) is 11.2 Å². The van der Waals surface area contributed by atoms with Crippen LogP contribution in [0.2, 0.25) is 10.0 Å². The molecule has 0 unspecified atom stereocenters. The Labute approximate surface area is 221 Å². The fourth-order valence-corrected chi connectivity index (χ4v) is 5.23. The minimum Gasteiger partial charge on any atom is -0.429 e. The molecule has 1 aliphatic rings. The van der Waals surface area contributed by atoms with E-state index in [1.54, 1.807) is 0 Å². The second kappa shape index (κ2) is 11.3. The van der Waals surface area contributed by atoms with Gasteiger partial charge in [-0.25, -0.2) is 0 Å². The minimum absolute atomic E-state index is 0.395. The highest BCUT2D eigenvalue weighted by Gasteiger charge is 2.27. The maximum atomic E-state index is 6.19. The van der Waals surface area contributed by atoms with Crippen LogP contribution in [0.25, 0.3) is 22.2 Å². The number of nitrogens with zero attached hydrogens (tertiary/aromatic N) is 2. The van der Waals surface area contributed by atoms with Crippen molar-refractivity contribution in [3.63, 3.8) is 0 Å². The summed E-state index contributed by atoms with van der Waals surface area (Å²) in [4.78, 5) is 10.4. The Balaban J connectivity index is 0.000000189. The number of hydrogen-bond donors (Lipinski definition) is 2. The molecule has 0 aliphatic carbocycles. The van der Waals surface area contributed by atoms with E-state index in [0.29, 0.717) is 21.8 Å². The number of halogens is 2. The van der Waals surface area contributed by atoms with E-state index in [2.05, 4.69) is 42.9 Å². The van der Waals surface area contributed by atoms with Crippen LogP contribution < -0.4 is 10.2 Å². The van der Waals surface area contributed by atoms with E-state index in [4.69, 9.17) is 49.2 Å². The molecule has 4 aromatic rings. The number of nitrogens with one attached hydrogen (secondary N) is 2. The monoisotopic (exact) mass is 534 g/mol. The number of rotatable bonds is 5. The molecule has 1 atom stereocenters. The van der Waals surface area contributed by atoms with Crippen LogP contribution >= 0.6 is 35.4 Å². The van der Waals surface area contributed by atoms with Gasteiger partial charge in [0.2, 0.25) is 0 Å². The van der Waals surface area contributed by atoms with E-state index in [-0.39, 0.29) is 0 Å². The lowest BCUT2D eigenvalue weighted by atomic mass is 10.0. The first-order valence-electron chi connectivity index (χ1n) is 12.2. The van der Waals surface area contributed by atoms with E-state index in [9.17, 15) is 0 Å². The molecule has 1 aliphatic heterocycles. The summed E-state index contributed by atoms with van der Waals surface area (Å²) >= 11 is 17.0. The summed E-state index contributed by atoms with van der Waals surface area (Å²) in [5.74, 6) is 0.650. The normalized spacial score (nSPS) is 16.2. The van der Waals surface area contributed by atoms with Crippen molar-refractivity contribution in [3.05, 3.63) is 50.3 Å². The Hall–Kier alpha value is -2.06. The number of hydrogen-bond acceptors (Lipinski definition) is 6. The Morgan fingerprint density at radius 1 is 1.06 bits per heavy atom. The molecule has 2 aromatic carbocycles. The molecular formula is C26H32Cl2N4O2S. The van der Waals surface area contributed by atoms with E-state index in [1.807, 2.05) is 24.3 Å². The molecule has 2 N–H and O–H groups in total. The highest BCUT2D eigenvalue weighted by molar-refractivity contribution is 7.71. The van der Waals surface area contributed by atoms with Crippen LogP contribution in [0.4, 0.5) is 6.01 Å². The zero-order valence-corrected chi connectivity index (χ0v) is 22.9. The standard InChI is InChI=1S/C17H24ClN3O.C9H8ClNOS/c1-4-12-8-13(18)9-15-16(12)22-17(20-15)21-6-5-19-10-14(21)7-11(2)3;1-2-5-3-6(10)4-7-8(5)12-9(13)11-7/h8-9,11,14,19H,4-7,10H2,1-3H3;3-4H,2H2,1H3,(H,11,13)/t14-;/m0./s1. The fourth-order valence-electron chi connectivity index (χ4n) is 4.56. The van der Waals surface area contributed by atoms with Gasteiger partial charge in [-0.3, -0.25) is 0 Å². The number of oxazole rings is 2. The van der Waals surface area contributed by atoms with Crippen molar-refractivity contribution in [2.75, 3.05) is 24.5 Å². The van der Waals surface area contributed by atoms with Crippen LogP contribution in [-0.4, -0.2) is 35.6 Å². The zero-order chi connectivity index (χ0) is 25.1. The number of aryl methyl sites for hydroxylation is 2. The smallest absolute Gasteiger partial charge is 0.298 e. The van der Waals surface area contributed by atoms with Crippen molar-refractivity contribution in [2.45, 2.75) is 53.0 Å². The van der Waals surface area contributed by atoms with Crippen LogP contribution in [0.1, 0.15) is 45.2 Å². The van der Waals surface area contributed by atoms with Crippen LogP contribution in [0.15, 0.2) is 33.1 Å². The molecule has 5 rings (SSSR count). The number of benzene rings is 2. The van der Waals surface area contributed by atoms with Gasteiger partial charge in [0.05, 0.1) is 5.52 Å². The first-order valence-corrected chi connectivity index (χ1v) is 13.3. The van der Waals surface area contributed by atoms with Crippen LogP contribution in [0, 0.1) is 10.8 Å². The van der Waals surface area contributed by atoms with Gasteiger partial charge < -0.3 is 24.0 Å². The van der Waals surface area contributed by atoms with Crippen molar-refractivity contribution in [3.8, 4) is 0 Å². The second-order valence-electron chi connectivity index (χ2n) is 9.25. The number of aromatic amines is 1. The SMILES string of the molecule is CCc1cc(Cl)cc2[nH]c(=S)oc12.CCc1cc(Cl)cc2nc(N3CCNC[C@@H]3CC(C)C)oc12. The van der Waals surface area contributed by atoms with Crippen molar-refractivity contribution >= 4 is 63.6 Å². The molecule has 188 valence electrons. The van der Waals surface area contributed by atoms with Gasteiger partial charge in [-0.2, -0.15) is 4.98 Å². The highest BCUT2D eigenvalue weighted by atomic mass is 35.5. The number of aromatic nitrogens is 2. The fraction of sp³-hybridized carbons (Fsp3) is 0.462. The van der Waals surface area contributed by atoms with Gasteiger partial charge in [-0.1, -0.05) is 50.9 Å². The van der Waals surface area contributed by atoms with Gasteiger partial charge in [0, 0.05) is 35.7 Å². The van der Waals surface area contributed by atoms with Crippen LogP contribution in [-0.2, 0) is 12.8 Å². The average molecular weight is 536 g/mol. The number of H-pyrrole nitrogens is 1. The Kier molecular flexibility index (Phi) is 8.42. The molecule has 9 heteroatoms. The van der Waals surface area contributed by atoms with Crippen molar-refractivity contribution in [2.24, 2.45) is 5.92 Å². The quantitative estimate of drug-likeness (QED) is 0.257. The summed E-state index contributed by atoms with van der Waals surface area (Å²) in [6.45, 7) is 11.6. The average Bonchev–Trinajstić information content (AvgIpc) is 3.40. The van der Waals surface area contributed by atoms with Crippen LogP contribution in [0.3, 0.4) is 0 Å². The van der Waals surface area contributed by atoms with Crippen molar-refractivity contribution < 1.29 is 8.83 Å². The predicted octanol–water partition coefficient (Wildman–Crippen LogP) is 7.57. The summed E-state index contributed by atoms with van der Waals surface area (Å²) < 4.78 is 11.5. The third-order valence-electron chi connectivity index (χ3n) is 6.18. The summed E-state index contributed by atoms with van der Waals surface area (Å²) in [6, 6.07) is 8.75. The lowest BCUT2D eigenvalue weighted by Gasteiger charge is -2.36. The number of fused-ring (bicyclic) bond motifs is 2. The molecule has 6 nitrogen and oxygen atoms in total. The molecule has 0 bridgehead atoms.